The monoisotopic (exact) mass is 210 g/mol. The van der Waals surface area contributed by atoms with Crippen LogP contribution in [0.1, 0.15) is 19.3 Å². The zero-order valence-corrected chi connectivity index (χ0v) is 8.58. The van der Waals surface area contributed by atoms with Gasteiger partial charge in [-0.3, -0.25) is 0 Å². The predicted octanol–water partition coefficient (Wildman–Crippen LogP) is 1.74. The molecule has 1 aliphatic rings. The molecule has 1 aromatic heterocycles. The lowest BCUT2D eigenvalue weighted by atomic mass is 10.2. The van der Waals surface area contributed by atoms with E-state index in [-0.39, 0.29) is 17.8 Å². The van der Waals surface area contributed by atoms with Gasteiger partial charge >= 0.3 is 0 Å². The van der Waals surface area contributed by atoms with E-state index in [1.54, 1.807) is 12.3 Å². The fraction of sp³-hybridized carbons (Fsp3) is 0.545. The summed E-state index contributed by atoms with van der Waals surface area (Å²) >= 11 is 0. The topological polar surface area (TPSA) is 34.1 Å². The fourth-order valence-electron chi connectivity index (χ4n) is 1.72. The van der Waals surface area contributed by atoms with Gasteiger partial charge in [0.25, 0.3) is 5.88 Å². The molecule has 1 N–H and O–H groups in total. The maximum atomic E-state index is 13.2. The molecule has 0 radical (unpaired) electrons. The Hall–Kier alpha value is -1.16. The molecule has 0 spiro atoms. The van der Waals surface area contributed by atoms with Crippen LogP contribution in [0.5, 0.6) is 5.88 Å². The molecule has 0 aromatic carbocycles. The zero-order valence-electron chi connectivity index (χ0n) is 8.58. The van der Waals surface area contributed by atoms with Crippen molar-refractivity contribution < 1.29 is 9.13 Å². The van der Waals surface area contributed by atoms with Crippen LogP contribution in [0.4, 0.5) is 4.39 Å². The Balaban J connectivity index is 1.98. The van der Waals surface area contributed by atoms with Gasteiger partial charge < -0.3 is 10.1 Å². The highest BCUT2D eigenvalue weighted by Crippen LogP contribution is 2.17. The Morgan fingerprint density at radius 1 is 1.40 bits per heavy atom. The number of nitrogens with zero attached hydrogens (tertiary/aromatic N) is 1. The van der Waals surface area contributed by atoms with Gasteiger partial charge in [-0.15, -0.1) is 0 Å². The van der Waals surface area contributed by atoms with Gasteiger partial charge in [0.2, 0.25) is 0 Å². The molecule has 1 atom stereocenters. The summed E-state index contributed by atoms with van der Waals surface area (Å²) in [6, 6.07) is 2.94. The van der Waals surface area contributed by atoms with Crippen LogP contribution in [0.3, 0.4) is 0 Å². The van der Waals surface area contributed by atoms with Gasteiger partial charge in [-0.05, 0) is 44.5 Å². The second-order valence-electron chi connectivity index (χ2n) is 3.71. The zero-order chi connectivity index (χ0) is 10.5. The summed E-state index contributed by atoms with van der Waals surface area (Å²) in [5.41, 5.74) is 0. The number of aromatic nitrogens is 1. The highest BCUT2D eigenvalue weighted by Gasteiger charge is 2.15. The molecule has 82 valence electrons. The first-order chi connectivity index (χ1) is 7.36. The van der Waals surface area contributed by atoms with Crippen LogP contribution in [0.15, 0.2) is 18.3 Å². The van der Waals surface area contributed by atoms with Crippen molar-refractivity contribution >= 4 is 0 Å². The molecule has 0 amide bonds. The number of nitrogens with one attached hydrogen (secondary N) is 1. The third-order valence-corrected chi connectivity index (χ3v) is 2.53. The summed E-state index contributed by atoms with van der Waals surface area (Å²) < 4.78 is 18.8. The van der Waals surface area contributed by atoms with E-state index in [0.29, 0.717) is 0 Å². The van der Waals surface area contributed by atoms with Crippen molar-refractivity contribution in [3.05, 3.63) is 24.1 Å². The Kier molecular flexibility index (Phi) is 3.50. The lowest BCUT2D eigenvalue weighted by Crippen LogP contribution is -2.20. The molecule has 0 saturated carbocycles. The van der Waals surface area contributed by atoms with E-state index in [4.69, 9.17) is 4.74 Å². The molecule has 1 fully saturated rings. The van der Waals surface area contributed by atoms with Crippen LogP contribution in [0.25, 0.3) is 0 Å². The summed E-state index contributed by atoms with van der Waals surface area (Å²) in [6.45, 7) is 1.95. The SMILES string of the molecule is Fc1cccnc1OC1CCCNCC1. The molecule has 15 heavy (non-hydrogen) atoms. The van der Waals surface area contributed by atoms with Crippen molar-refractivity contribution in [1.29, 1.82) is 0 Å². The maximum absolute atomic E-state index is 13.2. The molecule has 0 aliphatic carbocycles. The Morgan fingerprint density at radius 3 is 3.20 bits per heavy atom. The van der Waals surface area contributed by atoms with E-state index in [0.717, 1.165) is 32.4 Å². The van der Waals surface area contributed by atoms with Crippen molar-refractivity contribution in [2.45, 2.75) is 25.4 Å². The van der Waals surface area contributed by atoms with Gasteiger partial charge in [-0.25, -0.2) is 9.37 Å². The molecule has 1 aliphatic heterocycles. The molecule has 2 rings (SSSR count). The van der Waals surface area contributed by atoms with Gasteiger partial charge in [-0.1, -0.05) is 0 Å². The fourth-order valence-corrected chi connectivity index (χ4v) is 1.72. The average Bonchev–Trinajstić information content (AvgIpc) is 2.50. The van der Waals surface area contributed by atoms with Crippen LogP contribution >= 0.6 is 0 Å². The Labute approximate surface area is 88.7 Å². The van der Waals surface area contributed by atoms with Crippen molar-refractivity contribution in [2.75, 3.05) is 13.1 Å². The van der Waals surface area contributed by atoms with E-state index in [1.807, 2.05) is 0 Å². The summed E-state index contributed by atoms with van der Waals surface area (Å²) in [5.74, 6) is -0.251. The van der Waals surface area contributed by atoms with Crippen LogP contribution in [0.2, 0.25) is 0 Å². The highest BCUT2D eigenvalue weighted by atomic mass is 19.1. The number of ether oxygens (including phenoxy) is 1. The molecule has 1 aromatic rings. The standard InChI is InChI=1S/C11H15FN2O/c12-10-4-2-7-14-11(10)15-9-3-1-6-13-8-5-9/h2,4,7,9,13H,1,3,5-6,8H2. The summed E-state index contributed by atoms with van der Waals surface area (Å²) in [7, 11) is 0. The lowest BCUT2D eigenvalue weighted by molar-refractivity contribution is 0.171. The first kappa shape index (κ1) is 10.4. The van der Waals surface area contributed by atoms with Gasteiger partial charge in [0.15, 0.2) is 5.82 Å². The second kappa shape index (κ2) is 5.07. The number of rotatable bonds is 2. The minimum absolute atomic E-state index is 0.0874. The normalized spacial score (nSPS) is 22.1. The third kappa shape index (κ3) is 2.89. The molecule has 1 unspecified atom stereocenters. The summed E-state index contributed by atoms with van der Waals surface area (Å²) in [4.78, 5) is 3.89. The predicted molar refractivity (Wildman–Crippen MR) is 55.3 cm³/mol. The van der Waals surface area contributed by atoms with E-state index >= 15 is 0 Å². The van der Waals surface area contributed by atoms with Gasteiger partial charge in [0, 0.05) is 6.20 Å². The third-order valence-electron chi connectivity index (χ3n) is 2.53. The smallest absolute Gasteiger partial charge is 0.250 e. The molecule has 0 bridgehead atoms. The first-order valence-electron chi connectivity index (χ1n) is 5.34. The van der Waals surface area contributed by atoms with Crippen LogP contribution in [-0.2, 0) is 0 Å². The Bertz CT molecular complexity index is 311. The molecule has 1 saturated heterocycles. The van der Waals surface area contributed by atoms with E-state index in [9.17, 15) is 4.39 Å². The first-order valence-corrected chi connectivity index (χ1v) is 5.34. The Morgan fingerprint density at radius 2 is 2.33 bits per heavy atom. The second-order valence-corrected chi connectivity index (χ2v) is 3.71. The summed E-state index contributed by atoms with van der Waals surface area (Å²) in [5, 5.41) is 3.28. The molecular weight excluding hydrogens is 195 g/mol. The maximum Gasteiger partial charge on any atom is 0.250 e. The average molecular weight is 210 g/mol. The molecular formula is C11H15FN2O. The van der Waals surface area contributed by atoms with Gasteiger partial charge in [0.1, 0.15) is 6.10 Å². The van der Waals surface area contributed by atoms with Crippen molar-refractivity contribution in [2.24, 2.45) is 0 Å². The van der Waals surface area contributed by atoms with Crippen LogP contribution in [0, 0.1) is 5.82 Å². The summed E-state index contributed by atoms with van der Waals surface area (Å²) in [6.07, 6.45) is 4.58. The number of pyridine rings is 1. The number of halogens is 1. The van der Waals surface area contributed by atoms with Crippen molar-refractivity contribution in [3.63, 3.8) is 0 Å². The lowest BCUT2D eigenvalue weighted by Gasteiger charge is -2.15. The number of hydrogen-bond donors (Lipinski definition) is 1. The molecule has 2 heterocycles. The minimum atomic E-state index is -0.380. The van der Waals surface area contributed by atoms with Gasteiger partial charge in [-0.2, -0.15) is 0 Å². The minimum Gasteiger partial charge on any atom is -0.472 e. The van der Waals surface area contributed by atoms with E-state index < -0.39 is 0 Å². The van der Waals surface area contributed by atoms with Crippen molar-refractivity contribution in [3.8, 4) is 5.88 Å². The van der Waals surface area contributed by atoms with Crippen LogP contribution in [-0.4, -0.2) is 24.2 Å². The van der Waals surface area contributed by atoms with Crippen LogP contribution < -0.4 is 10.1 Å². The van der Waals surface area contributed by atoms with Crippen molar-refractivity contribution in [1.82, 2.24) is 10.3 Å². The van der Waals surface area contributed by atoms with E-state index in [1.165, 1.54) is 6.07 Å². The highest BCUT2D eigenvalue weighted by molar-refractivity contribution is 5.13. The quantitative estimate of drug-likeness (QED) is 0.807. The van der Waals surface area contributed by atoms with E-state index in [2.05, 4.69) is 10.3 Å². The number of hydrogen-bond acceptors (Lipinski definition) is 3. The largest absolute Gasteiger partial charge is 0.472 e. The molecule has 3 nitrogen and oxygen atoms in total. The van der Waals surface area contributed by atoms with Gasteiger partial charge in [0.05, 0.1) is 0 Å². The molecule has 4 heteroatoms.